The van der Waals surface area contributed by atoms with Gasteiger partial charge in [0.1, 0.15) is 6.61 Å². The lowest BCUT2D eigenvalue weighted by Gasteiger charge is -2.29. The van der Waals surface area contributed by atoms with E-state index in [0.29, 0.717) is 36.2 Å². The molecule has 0 fully saturated rings. The minimum atomic E-state index is -0.176. The van der Waals surface area contributed by atoms with E-state index in [9.17, 15) is 4.79 Å². The number of amides is 1. The highest BCUT2D eigenvalue weighted by molar-refractivity contribution is 6.31. The molecule has 0 bridgehead atoms. The largest absolute Gasteiger partial charge is 0.490 e. The number of anilines is 1. The number of hydrogen-bond acceptors (Lipinski definition) is 3. The second-order valence-electron chi connectivity index (χ2n) is 6.91. The minimum Gasteiger partial charge on any atom is -0.490 e. The summed E-state index contributed by atoms with van der Waals surface area (Å²) in [7, 11) is 0. The molecule has 1 atom stereocenters. The van der Waals surface area contributed by atoms with Gasteiger partial charge in [0, 0.05) is 29.1 Å². The molecule has 3 aromatic rings. The highest BCUT2D eigenvalue weighted by Gasteiger charge is 2.30. The lowest BCUT2D eigenvalue weighted by atomic mass is 9.82. The molecule has 0 saturated carbocycles. The topological polar surface area (TPSA) is 47.6 Å². The van der Waals surface area contributed by atoms with Gasteiger partial charge in [-0.2, -0.15) is 0 Å². The van der Waals surface area contributed by atoms with Gasteiger partial charge in [0.15, 0.2) is 11.5 Å². The van der Waals surface area contributed by atoms with E-state index >= 15 is 0 Å². The first-order valence-corrected chi connectivity index (χ1v) is 10.0. The van der Waals surface area contributed by atoms with E-state index < -0.39 is 0 Å². The van der Waals surface area contributed by atoms with Crippen LogP contribution in [0.15, 0.2) is 61.2 Å². The molecule has 1 aliphatic rings. The summed E-state index contributed by atoms with van der Waals surface area (Å²) in [6.07, 6.45) is 1.99. The van der Waals surface area contributed by atoms with Gasteiger partial charge in [-0.1, -0.05) is 54.6 Å². The Morgan fingerprint density at radius 2 is 1.97 bits per heavy atom. The summed E-state index contributed by atoms with van der Waals surface area (Å²) >= 11 is 6.69. The van der Waals surface area contributed by atoms with E-state index in [1.807, 2.05) is 37.3 Å². The van der Waals surface area contributed by atoms with Crippen LogP contribution in [0, 0.1) is 0 Å². The average Bonchev–Trinajstić information content (AvgIpc) is 2.73. The summed E-state index contributed by atoms with van der Waals surface area (Å²) in [5.74, 6) is 0.976. The number of hydrogen-bond donors (Lipinski definition) is 1. The Morgan fingerprint density at radius 1 is 1.17 bits per heavy atom. The van der Waals surface area contributed by atoms with Crippen molar-refractivity contribution in [3.05, 3.63) is 77.3 Å². The normalized spacial score (nSPS) is 15.5. The molecule has 0 aromatic heterocycles. The summed E-state index contributed by atoms with van der Waals surface area (Å²) in [4.78, 5) is 12.5. The second-order valence-corrected chi connectivity index (χ2v) is 7.31. The number of benzene rings is 3. The Balaban J connectivity index is 1.89. The maximum absolute atomic E-state index is 12.5. The van der Waals surface area contributed by atoms with Gasteiger partial charge in [-0.3, -0.25) is 4.79 Å². The van der Waals surface area contributed by atoms with Crippen molar-refractivity contribution >= 4 is 34.0 Å². The highest BCUT2D eigenvalue weighted by Crippen LogP contribution is 2.46. The van der Waals surface area contributed by atoms with Gasteiger partial charge in [0.05, 0.1) is 6.61 Å². The van der Waals surface area contributed by atoms with Crippen molar-refractivity contribution in [3.8, 4) is 11.5 Å². The van der Waals surface area contributed by atoms with Crippen LogP contribution in [0.1, 0.15) is 30.4 Å². The molecule has 1 heterocycles. The van der Waals surface area contributed by atoms with Gasteiger partial charge in [-0.05, 0) is 41.0 Å². The minimum absolute atomic E-state index is 0.0289. The van der Waals surface area contributed by atoms with E-state index in [2.05, 4.69) is 24.0 Å². The Kier molecular flexibility index (Phi) is 5.45. The summed E-state index contributed by atoms with van der Waals surface area (Å²) in [5.41, 5.74) is 2.76. The zero-order chi connectivity index (χ0) is 20.4. The molecule has 1 amide bonds. The smallest absolute Gasteiger partial charge is 0.225 e. The van der Waals surface area contributed by atoms with Crippen LogP contribution in [0.4, 0.5) is 5.69 Å². The van der Waals surface area contributed by atoms with Gasteiger partial charge in [0.2, 0.25) is 5.91 Å². The van der Waals surface area contributed by atoms with Crippen LogP contribution in [-0.4, -0.2) is 19.1 Å². The van der Waals surface area contributed by atoms with Crippen LogP contribution in [0.5, 0.6) is 11.5 Å². The fourth-order valence-corrected chi connectivity index (χ4v) is 4.17. The van der Waals surface area contributed by atoms with Gasteiger partial charge in [-0.15, -0.1) is 0 Å². The van der Waals surface area contributed by atoms with Crippen LogP contribution in [0.25, 0.3) is 10.8 Å². The average molecular weight is 408 g/mol. The fraction of sp³-hybridized carbons (Fsp3) is 0.208. The van der Waals surface area contributed by atoms with Crippen molar-refractivity contribution in [2.45, 2.75) is 19.3 Å². The zero-order valence-corrected chi connectivity index (χ0v) is 17.0. The second kappa shape index (κ2) is 8.18. The van der Waals surface area contributed by atoms with E-state index in [0.717, 1.165) is 27.6 Å². The number of rotatable bonds is 6. The zero-order valence-electron chi connectivity index (χ0n) is 16.2. The summed E-state index contributed by atoms with van der Waals surface area (Å²) in [5, 5.41) is 5.78. The first-order chi connectivity index (χ1) is 14.1. The Labute approximate surface area is 175 Å². The molecule has 0 spiro atoms. The van der Waals surface area contributed by atoms with E-state index in [-0.39, 0.29) is 11.8 Å². The predicted octanol–water partition coefficient (Wildman–Crippen LogP) is 5.93. The monoisotopic (exact) mass is 407 g/mol. The maximum atomic E-state index is 12.5. The molecule has 1 N–H and O–H groups in total. The predicted molar refractivity (Wildman–Crippen MR) is 117 cm³/mol. The van der Waals surface area contributed by atoms with Crippen molar-refractivity contribution < 1.29 is 14.3 Å². The molecule has 0 unspecified atom stereocenters. The summed E-state index contributed by atoms with van der Waals surface area (Å²) in [6.45, 7) is 6.46. The van der Waals surface area contributed by atoms with Crippen molar-refractivity contribution in [2.75, 3.05) is 18.5 Å². The first-order valence-electron chi connectivity index (χ1n) is 9.63. The van der Waals surface area contributed by atoms with Gasteiger partial charge >= 0.3 is 0 Å². The van der Waals surface area contributed by atoms with Crippen molar-refractivity contribution in [2.24, 2.45) is 0 Å². The van der Waals surface area contributed by atoms with Crippen LogP contribution in [-0.2, 0) is 4.79 Å². The fourth-order valence-electron chi connectivity index (χ4n) is 3.88. The van der Waals surface area contributed by atoms with Crippen molar-refractivity contribution in [1.82, 2.24) is 0 Å². The van der Waals surface area contributed by atoms with E-state index in [1.54, 1.807) is 12.1 Å². The first kappa shape index (κ1) is 19.3. The lowest BCUT2D eigenvalue weighted by molar-refractivity contribution is -0.116. The third kappa shape index (κ3) is 3.68. The number of fused-ring (bicyclic) bond motifs is 3. The number of nitrogens with one attached hydrogen (secondary N) is 1. The van der Waals surface area contributed by atoms with E-state index in [1.165, 1.54) is 0 Å². The third-order valence-electron chi connectivity index (χ3n) is 5.08. The quantitative estimate of drug-likeness (QED) is 0.515. The van der Waals surface area contributed by atoms with Crippen molar-refractivity contribution in [3.63, 3.8) is 0 Å². The highest BCUT2D eigenvalue weighted by atomic mass is 35.5. The molecule has 29 heavy (non-hydrogen) atoms. The SMILES string of the molecule is C=CCOc1cc(Cl)c([C@H]2CC(=O)Nc3ccc4ccccc4c32)cc1OCC. The number of carbonyl (C=O) groups excluding carboxylic acids is 1. The molecule has 148 valence electrons. The van der Waals surface area contributed by atoms with Gasteiger partial charge in [0.25, 0.3) is 0 Å². The molecule has 4 rings (SSSR count). The Bertz CT molecular complexity index is 1090. The number of ether oxygens (including phenoxy) is 2. The van der Waals surface area contributed by atoms with Crippen LogP contribution >= 0.6 is 11.6 Å². The van der Waals surface area contributed by atoms with Crippen molar-refractivity contribution in [1.29, 1.82) is 0 Å². The standard InChI is InChI=1S/C24H22ClNO3/c1-3-11-29-22-14-19(25)17(12-21(22)28-4-2)18-13-23(27)26-20-10-9-15-7-5-6-8-16(15)24(18)20/h3,5-10,12,14,18H,1,4,11,13H2,2H3,(H,26,27)/t18-/m1/s1. The van der Waals surface area contributed by atoms with E-state index in [4.69, 9.17) is 21.1 Å². The number of halogens is 1. The Morgan fingerprint density at radius 3 is 2.76 bits per heavy atom. The molecule has 3 aromatic carbocycles. The molecule has 4 nitrogen and oxygen atoms in total. The van der Waals surface area contributed by atoms with Gasteiger partial charge < -0.3 is 14.8 Å². The third-order valence-corrected chi connectivity index (χ3v) is 5.41. The molecule has 5 heteroatoms. The maximum Gasteiger partial charge on any atom is 0.225 e. The van der Waals surface area contributed by atoms with Crippen LogP contribution < -0.4 is 14.8 Å². The molecular formula is C24H22ClNO3. The molecular weight excluding hydrogens is 386 g/mol. The summed E-state index contributed by atoms with van der Waals surface area (Å²) in [6, 6.07) is 15.8. The molecule has 1 aliphatic heterocycles. The van der Waals surface area contributed by atoms with Crippen LogP contribution in [0.2, 0.25) is 5.02 Å². The Hall–Kier alpha value is -2.98. The summed E-state index contributed by atoms with van der Waals surface area (Å²) < 4.78 is 11.5. The number of carbonyl (C=O) groups is 1. The molecule has 0 radical (unpaired) electrons. The molecule has 0 aliphatic carbocycles. The van der Waals surface area contributed by atoms with Crippen LogP contribution in [0.3, 0.4) is 0 Å². The molecule has 0 saturated heterocycles. The van der Waals surface area contributed by atoms with Gasteiger partial charge in [-0.25, -0.2) is 0 Å². The lowest BCUT2D eigenvalue weighted by Crippen LogP contribution is -2.24.